The van der Waals surface area contributed by atoms with Gasteiger partial charge < -0.3 is 5.11 Å². The topological polar surface area (TPSA) is 75.1 Å². The number of aromatic nitrogens is 2. The summed E-state index contributed by atoms with van der Waals surface area (Å²) in [5, 5.41) is 9.70. The van der Waals surface area contributed by atoms with Gasteiger partial charge in [0.1, 0.15) is 0 Å². The van der Waals surface area contributed by atoms with E-state index in [1.54, 1.807) is 6.92 Å². The molecule has 5 heteroatoms. The van der Waals surface area contributed by atoms with Crippen LogP contribution < -0.4 is 11.2 Å². The van der Waals surface area contributed by atoms with Gasteiger partial charge in [0.15, 0.2) is 0 Å². The van der Waals surface area contributed by atoms with Crippen molar-refractivity contribution in [1.29, 1.82) is 0 Å². The number of rotatable bonds is 2. The second-order valence-electron chi connectivity index (χ2n) is 3.52. The zero-order valence-electron chi connectivity index (χ0n) is 7.91. The molecule has 2 rings (SSSR count). The lowest BCUT2D eigenvalue weighted by atomic mass is 10.2. The summed E-state index contributed by atoms with van der Waals surface area (Å²) in [7, 11) is 0. The minimum atomic E-state index is -0.507. The van der Waals surface area contributed by atoms with Crippen LogP contribution in [0, 0.1) is 0 Å². The van der Waals surface area contributed by atoms with Gasteiger partial charge in [-0.3, -0.25) is 14.3 Å². The van der Waals surface area contributed by atoms with Crippen LogP contribution in [0.3, 0.4) is 0 Å². The molecule has 0 amide bonds. The fourth-order valence-corrected chi connectivity index (χ4v) is 1.57. The van der Waals surface area contributed by atoms with Gasteiger partial charge in [-0.15, -0.1) is 0 Å². The van der Waals surface area contributed by atoms with E-state index < -0.39 is 11.2 Å². The van der Waals surface area contributed by atoms with Crippen LogP contribution in [0.1, 0.15) is 31.4 Å². The predicted molar refractivity (Wildman–Crippen MR) is 50.6 cm³/mol. The molecular weight excluding hydrogens is 184 g/mol. The number of nitrogens with one attached hydrogen (secondary N) is 1. The van der Waals surface area contributed by atoms with E-state index in [4.69, 9.17) is 0 Å². The highest BCUT2D eigenvalue weighted by molar-refractivity contribution is 5.23. The van der Waals surface area contributed by atoms with Gasteiger partial charge in [0.25, 0.3) is 5.56 Å². The zero-order valence-corrected chi connectivity index (χ0v) is 7.91. The molecule has 14 heavy (non-hydrogen) atoms. The molecule has 0 saturated heterocycles. The highest BCUT2D eigenvalue weighted by Gasteiger charge is 2.28. The van der Waals surface area contributed by atoms with Crippen LogP contribution in [-0.2, 0) is 6.42 Å². The Morgan fingerprint density at radius 2 is 2.14 bits per heavy atom. The van der Waals surface area contributed by atoms with E-state index in [1.165, 1.54) is 4.57 Å². The molecule has 0 unspecified atom stereocenters. The molecule has 2 N–H and O–H groups in total. The van der Waals surface area contributed by atoms with Crippen LogP contribution in [0.15, 0.2) is 9.59 Å². The van der Waals surface area contributed by atoms with Gasteiger partial charge in [-0.25, -0.2) is 4.79 Å². The lowest BCUT2D eigenvalue weighted by Gasteiger charge is -2.08. The summed E-state index contributed by atoms with van der Waals surface area (Å²) in [5.74, 6) is -0.163. The number of aromatic amines is 1. The molecule has 76 valence electrons. The van der Waals surface area contributed by atoms with E-state index in [2.05, 4.69) is 4.98 Å². The van der Waals surface area contributed by atoms with E-state index >= 15 is 0 Å². The van der Waals surface area contributed by atoms with Gasteiger partial charge in [0, 0.05) is 6.04 Å². The minimum absolute atomic E-state index is 0.0737. The quantitative estimate of drug-likeness (QED) is 0.706. The first-order valence-corrected chi connectivity index (χ1v) is 4.71. The lowest BCUT2D eigenvalue weighted by molar-refractivity contribution is 0.395. The van der Waals surface area contributed by atoms with Crippen molar-refractivity contribution in [3.8, 4) is 5.88 Å². The van der Waals surface area contributed by atoms with Crippen molar-refractivity contribution in [3.63, 3.8) is 0 Å². The molecule has 0 radical (unpaired) electrons. The second kappa shape index (κ2) is 3.01. The molecule has 1 fully saturated rings. The molecule has 0 bridgehead atoms. The van der Waals surface area contributed by atoms with Crippen molar-refractivity contribution < 1.29 is 5.11 Å². The van der Waals surface area contributed by atoms with Gasteiger partial charge in [0.05, 0.1) is 5.56 Å². The fraction of sp³-hybridized carbons (Fsp3) is 0.556. The Morgan fingerprint density at radius 1 is 1.50 bits per heavy atom. The predicted octanol–water partition coefficient (Wildman–Crippen LogP) is 0.140. The molecule has 0 aromatic carbocycles. The number of nitrogens with zero attached hydrogens (tertiary/aromatic N) is 1. The zero-order chi connectivity index (χ0) is 10.3. The Bertz CT molecular complexity index is 468. The standard InChI is InChI=1S/C9H12N2O3/c1-2-6-7(12)10-9(14)11(8(6)13)5-3-4-5/h5,13H,2-4H2,1H3,(H,10,12,14). The van der Waals surface area contributed by atoms with Crippen LogP contribution in [-0.4, -0.2) is 14.7 Å². The Morgan fingerprint density at radius 3 is 2.64 bits per heavy atom. The Balaban J connectivity index is 2.70. The molecule has 1 heterocycles. The van der Waals surface area contributed by atoms with Crippen molar-refractivity contribution in [2.75, 3.05) is 0 Å². The average Bonchev–Trinajstić information content (AvgIpc) is 2.88. The van der Waals surface area contributed by atoms with Crippen LogP contribution >= 0.6 is 0 Å². The van der Waals surface area contributed by atoms with Crippen molar-refractivity contribution >= 4 is 0 Å². The van der Waals surface area contributed by atoms with Crippen molar-refractivity contribution in [3.05, 3.63) is 26.4 Å². The molecule has 1 aromatic rings. The SMILES string of the molecule is CCc1c(O)n(C2CC2)c(=O)[nH]c1=O. The lowest BCUT2D eigenvalue weighted by Crippen LogP contribution is -2.31. The summed E-state index contributed by atoms with van der Waals surface area (Å²) in [5.41, 5.74) is -0.699. The fourth-order valence-electron chi connectivity index (χ4n) is 1.57. The van der Waals surface area contributed by atoms with E-state index in [0.29, 0.717) is 6.42 Å². The highest BCUT2D eigenvalue weighted by atomic mass is 16.3. The van der Waals surface area contributed by atoms with Gasteiger partial charge in [-0.05, 0) is 19.3 Å². The number of hydrogen-bond donors (Lipinski definition) is 2. The molecule has 0 aliphatic heterocycles. The molecule has 1 aromatic heterocycles. The first-order chi connectivity index (χ1) is 6.65. The smallest absolute Gasteiger partial charge is 0.331 e. The van der Waals surface area contributed by atoms with Crippen molar-refractivity contribution in [2.45, 2.75) is 32.2 Å². The Hall–Kier alpha value is -1.52. The molecule has 5 nitrogen and oxygen atoms in total. The highest BCUT2D eigenvalue weighted by Crippen LogP contribution is 2.36. The Labute approximate surface area is 80.0 Å². The normalized spacial score (nSPS) is 15.8. The molecule has 0 spiro atoms. The maximum Gasteiger partial charge on any atom is 0.331 e. The summed E-state index contributed by atoms with van der Waals surface area (Å²) in [4.78, 5) is 24.8. The van der Waals surface area contributed by atoms with Gasteiger partial charge in [-0.1, -0.05) is 6.92 Å². The van der Waals surface area contributed by atoms with Crippen LogP contribution in [0.5, 0.6) is 5.88 Å². The molecule has 1 aliphatic carbocycles. The molecule has 0 atom stereocenters. The minimum Gasteiger partial charge on any atom is -0.494 e. The number of H-pyrrole nitrogens is 1. The van der Waals surface area contributed by atoms with E-state index in [0.717, 1.165) is 12.8 Å². The summed E-state index contributed by atoms with van der Waals surface area (Å²) in [6.45, 7) is 1.77. The van der Waals surface area contributed by atoms with E-state index in [9.17, 15) is 14.7 Å². The van der Waals surface area contributed by atoms with Crippen molar-refractivity contribution in [2.24, 2.45) is 0 Å². The second-order valence-corrected chi connectivity index (χ2v) is 3.52. The van der Waals surface area contributed by atoms with E-state index in [-0.39, 0.29) is 17.5 Å². The number of aromatic hydroxyl groups is 1. The third-order valence-electron chi connectivity index (χ3n) is 2.48. The van der Waals surface area contributed by atoms with Gasteiger partial charge in [0.2, 0.25) is 5.88 Å². The maximum atomic E-state index is 11.4. The molecule has 1 aliphatic rings. The van der Waals surface area contributed by atoms with Crippen molar-refractivity contribution in [1.82, 2.24) is 9.55 Å². The van der Waals surface area contributed by atoms with Gasteiger partial charge >= 0.3 is 5.69 Å². The van der Waals surface area contributed by atoms with E-state index in [1.807, 2.05) is 0 Å². The summed E-state index contributed by atoms with van der Waals surface area (Å²) < 4.78 is 1.28. The average molecular weight is 196 g/mol. The first kappa shape index (κ1) is 9.05. The van der Waals surface area contributed by atoms with Crippen LogP contribution in [0.2, 0.25) is 0 Å². The largest absolute Gasteiger partial charge is 0.494 e. The third-order valence-corrected chi connectivity index (χ3v) is 2.48. The first-order valence-electron chi connectivity index (χ1n) is 4.71. The van der Waals surface area contributed by atoms with Crippen LogP contribution in [0.4, 0.5) is 0 Å². The van der Waals surface area contributed by atoms with Gasteiger partial charge in [-0.2, -0.15) is 0 Å². The maximum absolute atomic E-state index is 11.4. The molecular formula is C9H12N2O3. The summed E-state index contributed by atoms with van der Waals surface area (Å²) in [6, 6.07) is 0.0737. The summed E-state index contributed by atoms with van der Waals surface area (Å²) >= 11 is 0. The van der Waals surface area contributed by atoms with Crippen LogP contribution in [0.25, 0.3) is 0 Å². The monoisotopic (exact) mass is 196 g/mol. The Kier molecular flexibility index (Phi) is 1.94. The third kappa shape index (κ3) is 1.25. The molecule has 1 saturated carbocycles. The summed E-state index contributed by atoms with van der Waals surface area (Å²) in [6.07, 6.45) is 2.21. The number of hydrogen-bond acceptors (Lipinski definition) is 3.